The molecular formula is C17H15ClN4O2. The molecule has 0 saturated carbocycles. The predicted octanol–water partition coefficient (Wildman–Crippen LogP) is 3.26. The maximum Gasteiger partial charge on any atom is 0.360 e. The summed E-state index contributed by atoms with van der Waals surface area (Å²) in [4.78, 5) is 14.6. The molecule has 1 aromatic heterocycles. The van der Waals surface area contributed by atoms with E-state index in [1.165, 1.54) is 4.80 Å². The molecule has 0 unspecified atom stereocenters. The molecule has 6 nitrogen and oxygen atoms in total. The molecule has 0 fully saturated rings. The lowest BCUT2D eigenvalue weighted by Gasteiger charge is -2.16. The summed E-state index contributed by atoms with van der Waals surface area (Å²) < 4.78 is 0. The highest BCUT2D eigenvalue weighted by atomic mass is 35.5. The average Bonchev–Trinajstić information content (AvgIpc) is 3.02. The van der Waals surface area contributed by atoms with Gasteiger partial charge in [-0.15, -0.1) is 15.0 Å². The van der Waals surface area contributed by atoms with Gasteiger partial charge in [0.15, 0.2) is 5.82 Å². The van der Waals surface area contributed by atoms with E-state index in [1.807, 2.05) is 30.3 Å². The molecule has 1 heterocycles. The van der Waals surface area contributed by atoms with Gasteiger partial charge in [0.05, 0.1) is 5.69 Å². The largest absolute Gasteiger partial charge is 0.476 e. The van der Waals surface area contributed by atoms with Crippen molar-refractivity contribution >= 4 is 23.4 Å². The van der Waals surface area contributed by atoms with Crippen molar-refractivity contribution in [3.63, 3.8) is 0 Å². The Bertz CT molecular complexity index is 847. The van der Waals surface area contributed by atoms with Gasteiger partial charge in [-0.2, -0.15) is 0 Å². The summed E-state index contributed by atoms with van der Waals surface area (Å²) >= 11 is 5.87. The van der Waals surface area contributed by atoms with E-state index in [-0.39, 0.29) is 5.69 Å². The maximum atomic E-state index is 11.5. The maximum absolute atomic E-state index is 11.5. The summed E-state index contributed by atoms with van der Waals surface area (Å²) in [6, 6.07) is 16.6. The van der Waals surface area contributed by atoms with Crippen molar-refractivity contribution in [1.82, 2.24) is 15.0 Å². The summed E-state index contributed by atoms with van der Waals surface area (Å²) in [5.41, 5.74) is 1.60. The van der Waals surface area contributed by atoms with Crippen LogP contribution in [0.25, 0.3) is 5.69 Å². The summed E-state index contributed by atoms with van der Waals surface area (Å²) in [5.74, 6) is -0.813. The molecule has 0 bridgehead atoms. The van der Waals surface area contributed by atoms with Gasteiger partial charge < -0.3 is 10.0 Å². The second kappa shape index (κ2) is 6.72. The number of nitrogens with zero attached hydrogens (tertiary/aromatic N) is 4. The molecule has 0 atom stereocenters. The molecule has 122 valence electrons. The number of anilines is 1. The van der Waals surface area contributed by atoms with Gasteiger partial charge in [0, 0.05) is 18.6 Å². The lowest BCUT2D eigenvalue weighted by molar-refractivity contribution is 0.0690. The van der Waals surface area contributed by atoms with Gasteiger partial charge in [-0.1, -0.05) is 41.9 Å². The van der Waals surface area contributed by atoms with Crippen LogP contribution < -0.4 is 4.90 Å². The lowest BCUT2D eigenvalue weighted by Crippen LogP contribution is -2.19. The van der Waals surface area contributed by atoms with Crippen LogP contribution in [0.2, 0.25) is 5.02 Å². The predicted molar refractivity (Wildman–Crippen MR) is 91.9 cm³/mol. The SMILES string of the molecule is CN(Cc1ccccc1)c1nn(-c2ccc(Cl)cc2)nc1C(=O)O. The van der Waals surface area contributed by atoms with Crippen LogP contribution in [0.3, 0.4) is 0 Å². The molecule has 0 saturated heterocycles. The van der Waals surface area contributed by atoms with Gasteiger partial charge in [-0.3, -0.25) is 0 Å². The van der Waals surface area contributed by atoms with Gasteiger partial charge in [0.1, 0.15) is 0 Å². The average molecular weight is 343 g/mol. The van der Waals surface area contributed by atoms with Crippen LogP contribution in [0, 0.1) is 0 Å². The van der Waals surface area contributed by atoms with Crippen LogP contribution in [0.5, 0.6) is 0 Å². The molecular weight excluding hydrogens is 328 g/mol. The zero-order valence-corrected chi connectivity index (χ0v) is 13.7. The van der Waals surface area contributed by atoms with Crippen molar-refractivity contribution in [2.45, 2.75) is 6.54 Å². The third kappa shape index (κ3) is 3.38. The number of hydrogen-bond donors (Lipinski definition) is 1. The van der Waals surface area contributed by atoms with E-state index in [0.717, 1.165) is 5.56 Å². The Kier molecular flexibility index (Phi) is 4.48. The molecule has 0 radical (unpaired) electrons. The van der Waals surface area contributed by atoms with E-state index >= 15 is 0 Å². The number of carboxylic acid groups (broad SMARTS) is 1. The molecule has 7 heteroatoms. The van der Waals surface area contributed by atoms with Crippen LogP contribution in [-0.4, -0.2) is 33.1 Å². The first-order chi connectivity index (χ1) is 11.5. The molecule has 0 aliphatic carbocycles. The van der Waals surface area contributed by atoms with Crippen LogP contribution in [0.4, 0.5) is 5.82 Å². The van der Waals surface area contributed by atoms with Gasteiger partial charge in [0.25, 0.3) is 0 Å². The van der Waals surface area contributed by atoms with E-state index in [0.29, 0.717) is 23.1 Å². The normalized spacial score (nSPS) is 10.6. The Morgan fingerprint density at radius 3 is 2.42 bits per heavy atom. The summed E-state index contributed by atoms with van der Waals surface area (Å²) in [6.45, 7) is 0.528. The highest BCUT2D eigenvalue weighted by Gasteiger charge is 2.21. The van der Waals surface area contributed by atoms with Crippen molar-refractivity contribution in [3.8, 4) is 5.69 Å². The van der Waals surface area contributed by atoms with E-state index in [9.17, 15) is 9.90 Å². The minimum absolute atomic E-state index is 0.0941. The molecule has 2 aromatic carbocycles. The Balaban J connectivity index is 1.94. The van der Waals surface area contributed by atoms with Crippen molar-refractivity contribution in [3.05, 3.63) is 70.9 Å². The number of rotatable bonds is 5. The number of carboxylic acids is 1. The summed E-state index contributed by atoms with van der Waals surface area (Å²) in [6.07, 6.45) is 0. The minimum Gasteiger partial charge on any atom is -0.476 e. The van der Waals surface area contributed by atoms with Crippen molar-refractivity contribution in [2.75, 3.05) is 11.9 Å². The molecule has 1 N–H and O–H groups in total. The standard InChI is InChI=1S/C17H15ClN4O2/c1-21(11-12-5-3-2-4-6-12)16-15(17(23)24)19-22(20-16)14-9-7-13(18)8-10-14/h2-10H,11H2,1H3,(H,23,24). The fourth-order valence-corrected chi connectivity index (χ4v) is 2.44. The Hall–Kier alpha value is -2.86. The van der Waals surface area contributed by atoms with Gasteiger partial charge in [0.2, 0.25) is 5.69 Å². The number of aromatic nitrogens is 3. The smallest absolute Gasteiger partial charge is 0.360 e. The van der Waals surface area contributed by atoms with E-state index in [1.54, 1.807) is 36.2 Å². The van der Waals surface area contributed by atoms with Crippen molar-refractivity contribution < 1.29 is 9.90 Å². The van der Waals surface area contributed by atoms with Gasteiger partial charge in [-0.05, 0) is 29.8 Å². The number of hydrogen-bond acceptors (Lipinski definition) is 4. The lowest BCUT2D eigenvalue weighted by atomic mass is 10.2. The summed E-state index contributed by atoms with van der Waals surface area (Å²) in [7, 11) is 1.79. The second-order valence-electron chi connectivity index (χ2n) is 5.28. The third-order valence-corrected chi connectivity index (χ3v) is 3.73. The highest BCUT2D eigenvalue weighted by molar-refractivity contribution is 6.30. The number of aromatic carboxylic acids is 1. The Labute approximate surface area is 143 Å². The molecule has 3 rings (SSSR count). The van der Waals surface area contributed by atoms with Gasteiger partial charge >= 0.3 is 5.97 Å². The van der Waals surface area contributed by atoms with E-state index < -0.39 is 5.97 Å². The highest BCUT2D eigenvalue weighted by Crippen LogP contribution is 2.20. The van der Waals surface area contributed by atoms with Gasteiger partial charge in [-0.25, -0.2) is 4.79 Å². The molecule has 0 amide bonds. The van der Waals surface area contributed by atoms with Crippen molar-refractivity contribution in [2.24, 2.45) is 0 Å². The first-order valence-electron chi connectivity index (χ1n) is 7.26. The fourth-order valence-electron chi connectivity index (χ4n) is 2.32. The number of carbonyl (C=O) groups is 1. The first-order valence-corrected chi connectivity index (χ1v) is 7.64. The Morgan fingerprint density at radius 1 is 1.12 bits per heavy atom. The number of benzene rings is 2. The second-order valence-corrected chi connectivity index (χ2v) is 5.72. The number of halogens is 1. The quantitative estimate of drug-likeness (QED) is 0.770. The third-order valence-electron chi connectivity index (χ3n) is 3.48. The topological polar surface area (TPSA) is 71.2 Å². The van der Waals surface area contributed by atoms with E-state index in [4.69, 9.17) is 11.6 Å². The zero-order chi connectivity index (χ0) is 17.1. The van der Waals surface area contributed by atoms with Crippen molar-refractivity contribution in [1.29, 1.82) is 0 Å². The molecule has 0 aliphatic rings. The molecule has 3 aromatic rings. The van der Waals surface area contributed by atoms with E-state index in [2.05, 4.69) is 10.2 Å². The first kappa shape index (κ1) is 16.0. The molecule has 0 aliphatic heterocycles. The zero-order valence-electron chi connectivity index (χ0n) is 12.9. The molecule has 0 spiro atoms. The fraction of sp³-hybridized carbons (Fsp3) is 0.118. The summed E-state index contributed by atoms with van der Waals surface area (Å²) in [5, 5.41) is 18.4. The molecule has 24 heavy (non-hydrogen) atoms. The minimum atomic E-state index is -1.12. The monoisotopic (exact) mass is 342 g/mol. The Morgan fingerprint density at radius 2 is 1.79 bits per heavy atom. The van der Waals surface area contributed by atoms with Crippen LogP contribution >= 0.6 is 11.6 Å². The van der Waals surface area contributed by atoms with Crippen LogP contribution in [0.15, 0.2) is 54.6 Å². The van der Waals surface area contributed by atoms with Crippen LogP contribution in [-0.2, 0) is 6.54 Å². The van der Waals surface area contributed by atoms with Crippen LogP contribution in [0.1, 0.15) is 16.1 Å².